The van der Waals surface area contributed by atoms with Gasteiger partial charge in [0.2, 0.25) is 0 Å². The molecule has 0 bridgehead atoms. The summed E-state index contributed by atoms with van der Waals surface area (Å²) in [5, 5.41) is 9.83. The third kappa shape index (κ3) is 11.6. The second-order valence-corrected chi connectivity index (χ2v) is 7.90. The zero-order valence-electron chi connectivity index (χ0n) is 17.2. The van der Waals surface area contributed by atoms with Crippen LogP contribution in [0.4, 0.5) is 0 Å². The fourth-order valence-electron chi connectivity index (χ4n) is 3.69. The van der Waals surface area contributed by atoms with E-state index in [0.29, 0.717) is 5.75 Å². The second-order valence-electron chi connectivity index (χ2n) is 7.90. The highest BCUT2D eigenvalue weighted by Crippen LogP contribution is 2.25. The Hall–Kier alpha value is -1.02. The number of phenolic OH excluding ortho intramolecular Hbond substituents is 1. The normalized spacial score (nSPS) is 12.4. The van der Waals surface area contributed by atoms with Crippen LogP contribution >= 0.6 is 0 Å². The molecule has 0 saturated carbocycles. The molecule has 1 atom stereocenters. The van der Waals surface area contributed by atoms with Crippen molar-refractivity contribution in [3.8, 4) is 5.75 Å². The summed E-state index contributed by atoms with van der Waals surface area (Å²) in [5.74, 6) is 0.334. The number of hydrogen-bond donors (Lipinski definition) is 2. The smallest absolute Gasteiger partial charge is 0.120 e. The van der Waals surface area contributed by atoms with Gasteiger partial charge in [-0.25, -0.2) is 0 Å². The Balaban J connectivity index is 1.83. The maximum atomic E-state index is 9.83. The molecular weight excluding hydrogens is 318 g/mol. The third-order valence-electron chi connectivity index (χ3n) is 5.45. The van der Waals surface area contributed by atoms with E-state index in [9.17, 15) is 5.11 Å². The summed E-state index contributed by atoms with van der Waals surface area (Å²) in [6.07, 6.45) is 21.7. The van der Waals surface area contributed by atoms with Crippen molar-refractivity contribution in [3.63, 3.8) is 0 Å². The molecule has 0 aliphatic carbocycles. The molecule has 2 heteroatoms. The lowest BCUT2D eigenvalue weighted by Crippen LogP contribution is -2.10. The van der Waals surface area contributed by atoms with Gasteiger partial charge in [0.25, 0.3) is 0 Å². The highest BCUT2D eigenvalue weighted by atomic mass is 16.3. The van der Waals surface area contributed by atoms with E-state index < -0.39 is 0 Å². The number of phenols is 1. The highest BCUT2D eigenvalue weighted by Gasteiger charge is 2.09. The van der Waals surface area contributed by atoms with Gasteiger partial charge in [0, 0.05) is 11.6 Å². The van der Waals surface area contributed by atoms with Gasteiger partial charge in [-0.2, -0.15) is 0 Å². The summed E-state index contributed by atoms with van der Waals surface area (Å²) >= 11 is 0. The Morgan fingerprint density at radius 2 is 1.12 bits per heavy atom. The van der Waals surface area contributed by atoms with Crippen molar-refractivity contribution in [1.29, 1.82) is 0 Å². The molecule has 1 rings (SSSR count). The SMILES string of the molecule is CCCCCCCCCCCCCCCCCC(N)c1ccccc1O. The van der Waals surface area contributed by atoms with E-state index >= 15 is 0 Å². The van der Waals surface area contributed by atoms with Crippen molar-refractivity contribution in [2.24, 2.45) is 5.73 Å². The number of aromatic hydroxyl groups is 1. The molecule has 0 heterocycles. The lowest BCUT2D eigenvalue weighted by molar-refractivity contribution is 0.454. The van der Waals surface area contributed by atoms with Crippen molar-refractivity contribution in [3.05, 3.63) is 29.8 Å². The largest absolute Gasteiger partial charge is 0.508 e. The average molecular weight is 362 g/mol. The Morgan fingerprint density at radius 1 is 0.692 bits per heavy atom. The molecule has 1 unspecified atom stereocenters. The fraction of sp³-hybridized carbons (Fsp3) is 0.750. The first-order valence-electron chi connectivity index (χ1n) is 11.3. The van der Waals surface area contributed by atoms with Crippen LogP contribution in [-0.4, -0.2) is 5.11 Å². The van der Waals surface area contributed by atoms with E-state index in [1.165, 1.54) is 89.9 Å². The molecule has 0 fully saturated rings. The Bertz CT molecular complexity index is 432. The molecule has 0 aliphatic heterocycles. The van der Waals surface area contributed by atoms with Crippen molar-refractivity contribution < 1.29 is 5.11 Å². The fourth-order valence-corrected chi connectivity index (χ4v) is 3.69. The number of hydrogen-bond acceptors (Lipinski definition) is 2. The minimum atomic E-state index is -0.0295. The van der Waals surface area contributed by atoms with Crippen LogP contribution in [0.1, 0.15) is 121 Å². The van der Waals surface area contributed by atoms with E-state index in [2.05, 4.69) is 6.92 Å². The van der Waals surface area contributed by atoms with Crippen LogP contribution in [0.5, 0.6) is 5.75 Å². The lowest BCUT2D eigenvalue weighted by Gasteiger charge is -2.13. The van der Waals surface area contributed by atoms with Crippen LogP contribution in [0.2, 0.25) is 0 Å². The highest BCUT2D eigenvalue weighted by molar-refractivity contribution is 5.34. The van der Waals surface area contributed by atoms with Gasteiger partial charge in [0.1, 0.15) is 5.75 Å². The molecule has 0 radical (unpaired) electrons. The summed E-state index contributed by atoms with van der Waals surface area (Å²) in [6.45, 7) is 2.28. The number of para-hydroxylation sites is 1. The van der Waals surface area contributed by atoms with E-state index in [1.807, 2.05) is 18.2 Å². The maximum absolute atomic E-state index is 9.83. The molecule has 26 heavy (non-hydrogen) atoms. The predicted molar refractivity (Wildman–Crippen MR) is 115 cm³/mol. The van der Waals surface area contributed by atoms with E-state index in [-0.39, 0.29) is 6.04 Å². The van der Waals surface area contributed by atoms with Crippen molar-refractivity contribution in [2.45, 2.75) is 116 Å². The minimum Gasteiger partial charge on any atom is -0.508 e. The van der Waals surface area contributed by atoms with Crippen LogP contribution in [-0.2, 0) is 0 Å². The zero-order valence-corrected chi connectivity index (χ0v) is 17.2. The molecule has 3 N–H and O–H groups in total. The summed E-state index contributed by atoms with van der Waals surface area (Å²) in [6, 6.07) is 7.42. The van der Waals surface area contributed by atoms with Gasteiger partial charge in [0.05, 0.1) is 0 Å². The first kappa shape index (κ1) is 23.0. The number of unbranched alkanes of at least 4 members (excludes halogenated alkanes) is 14. The van der Waals surface area contributed by atoms with Crippen LogP contribution in [0.25, 0.3) is 0 Å². The molecule has 0 saturated heterocycles. The standard InChI is InChI=1S/C24H43NO/c1-2-3-4-5-6-7-8-9-10-11-12-13-14-15-16-20-23(25)22-19-17-18-21-24(22)26/h17-19,21,23,26H,2-16,20,25H2,1H3. The van der Waals surface area contributed by atoms with Crippen molar-refractivity contribution in [1.82, 2.24) is 0 Å². The molecule has 0 spiro atoms. The Morgan fingerprint density at radius 3 is 1.58 bits per heavy atom. The molecule has 1 aromatic rings. The molecule has 0 amide bonds. The summed E-state index contributed by atoms with van der Waals surface area (Å²) in [7, 11) is 0. The zero-order chi connectivity index (χ0) is 18.9. The quantitative estimate of drug-likeness (QED) is 0.280. The van der Waals surface area contributed by atoms with E-state index in [1.54, 1.807) is 6.07 Å². The Labute approximate surface area is 162 Å². The van der Waals surface area contributed by atoms with Gasteiger partial charge in [0.15, 0.2) is 0 Å². The van der Waals surface area contributed by atoms with Gasteiger partial charge in [-0.1, -0.05) is 121 Å². The van der Waals surface area contributed by atoms with Gasteiger partial charge < -0.3 is 10.8 Å². The molecule has 1 aromatic carbocycles. The first-order valence-corrected chi connectivity index (χ1v) is 11.3. The van der Waals surface area contributed by atoms with Gasteiger partial charge in [-0.05, 0) is 12.5 Å². The summed E-state index contributed by atoms with van der Waals surface area (Å²) < 4.78 is 0. The minimum absolute atomic E-state index is 0.0295. The van der Waals surface area contributed by atoms with Crippen molar-refractivity contribution in [2.75, 3.05) is 0 Å². The van der Waals surface area contributed by atoms with E-state index in [0.717, 1.165) is 18.4 Å². The van der Waals surface area contributed by atoms with Crippen molar-refractivity contribution >= 4 is 0 Å². The first-order chi connectivity index (χ1) is 12.8. The number of benzene rings is 1. The molecule has 2 nitrogen and oxygen atoms in total. The van der Waals surface area contributed by atoms with Gasteiger partial charge in [-0.3, -0.25) is 0 Å². The monoisotopic (exact) mass is 361 g/mol. The summed E-state index contributed by atoms with van der Waals surface area (Å²) in [5.41, 5.74) is 7.08. The summed E-state index contributed by atoms with van der Waals surface area (Å²) in [4.78, 5) is 0. The molecular formula is C24H43NO. The molecule has 150 valence electrons. The Kier molecular flexibility index (Phi) is 14.3. The van der Waals surface area contributed by atoms with Crippen LogP contribution in [0.15, 0.2) is 24.3 Å². The second kappa shape index (κ2) is 16.2. The maximum Gasteiger partial charge on any atom is 0.120 e. The van der Waals surface area contributed by atoms with E-state index in [4.69, 9.17) is 5.73 Å². The number of nitrogens with two attached hydrogens (primary N) is 1. The lowest BCUT2D eigenvalue weighted by atomic mass is 9.99. The van der Waals surface area contributed by atoms with Crippen LogP contribution < -0.4 is 5.73 Å². The van der Waals surface area contributed by atoms with Crippen LogP contribution in [0.3, 0.4) is 0 Å². The molecule has 0 aromatic heterocycles. The van der Waals surface area contributed by atoms with Gasteiger partial charge in [-0.15, -0.1) is 0 Å². The molecule has 0 aliphatic rings. The average Bonchev–Trinajstić information content (AvgIpc) is 2.65. The predicted octanol–water partition coefficient (Wildman–Crippen LogP) is 7.65. The van der Waals surface area contributed by atoms with Gasteiger partial charge >= 0.3 is 0 Å². The number of rotatable bonds is 17. The topological polar surface area (TPSA) is 46.2 Å². The third-order valence-corrected chi connectivity index (χ3v) is 5.45. The van der Waals surface area contributed by atoms with Crippen LogP contribution in [0, 0.1) is 0 Å².